The van der Waals surface area contributed by atoms with Crippen molar-refractivity contribution in [3.05, 3.63) is 108 Å². The van der Waals surface area contributed by atoms with Crippen LogP contribution in [0.1, 0.15) is 102 Å². The van der Waals surface area contributed by atoms with Crippen LogP contribution in [0.5, 0.6) is 11.5 Å². The predicted octanol–water partition coefficient (Wildman–Crippen LogP) is 8.62. The molecule has 7 atom stereocenters. The van der Waals surface area contributed by atoms with E-state index in [-0.39, 0.29) is 73.8 Å². The molecule has 352 valence electrons. The lowest BCUT2D eigenvalue weighted by Gasteiger charge is -2.59. The lowest BCUT2D eigenvalue weighted by Crippen LogP contribution is -2.70. The van der Waals surface area contributed by atoms with Crippen molar-refractivity contribution in [3.63, 3.8) is 0 Å². The summed E-state index contributed by atoms with van der Waals surface area (Å²) in [7, 11) is -4.29. The summed E-state index contributed by atoms with van der Waals surface area (Å²) in [5.74, 6) is -2.36. The van der Waals surface area contributed by atoms with Crippen LogP contribution >= 0.6 is 0 Å². The Bertz CT molecular complexity index is 2270. The number of sulfonamides is 1. The molecule has 1 unspecified atom stereocenters. The van der Waals surface area contributed by atoms with Gasteiger partial charge in [-0.1, -0.05) is 55.3 Å². The molecule has 3 N–H and O–H groups in total. The van der Waals surface area contributed by atoms with Crippen LogP contribution in [-0.4, -0.2) is 85.6 Å². The highest BCUT2D eigenvalue weighted by Gasteiger charge is 2.66. The van der Waals surface area contributed by atoms with E-state index in [0.717, 1.165) is 43.2 Å². The maximum Gasteiger partial charge on any atom is 0.243 e. The van der Waals surface area contributed by atoms with Crippen molar-refractivity contribution in [3.8, 4) is 11.5 Å². The smallest absolute Gasteiger partial charge is 0.243 e. The Kier molecular flexibility index (Phi) is 16.5. The summed E-state index contributed by atoms with van der Waals surface area (Å²) in [6.07, 6.45) is 10.5. The number of fused-ring (bicyclic) bond motifs is 2. The van der Waals surface area contributed by atoms with Gasteiger partial charge in [0.15, 0.2) is 0 Å². The molecule has 3 aromatic rings. The number of halogens is 1. The number of rotatable bonds is 22. The second-order valence-corrected chi connectivity index (χ2v) is 19.3. The Labute approximate surface area is 382 Å². The number of aliphatic hydroxyl groups excluding tert-OH is 2. The van der Waals surface area contributed by atoms with Crippen LogP contribution in [0.4, 0.5) is 10.1 Å². The molecule has 15 heteroatoms. The molecule has 2 fully saturated rings. The fraction of sp³-hybridized carbons (Fsp3) is 0.520. The van der Waals surface area contributed by atoms with Crippen molar-refractivity contribution in [1.82, 2.24) is 4.31 Å². The van der Waals surface area contributed by atoms with Crippen LogP contribution in [0.25, 0.3) is 0 Å². The van der Waals surface area contributed by atoms with Gasteiger partial charge >= 0.3 is 0 Å². The molecule has 2 heterocycles. The Hall–Kier alpha value is -4.64. The van der Waals surface area contributed by atoms with Crippen LogP contribution in [0, 0.1) is 23.6 Å². The van der Waals surface area contributed by atoms with Crippen LogP contribution in [-0.2, 0) is 35.7 Å². The number of carbonyl (C=O) groups excluding carboxylic acids is 1. The number of nitrogens with zero attached hydrogens (tertiary/aromatic N) is 2. The highest BCUT2D eigenvalue weighted by atomic mass is 32.2. The third-order valence-corrected chi connectivity index (χ3v) is 14.9. The van der Waals surface area contributed by atoms with Gasteiger partial charge < -0.3 is 39.3 Å². The number of carbonyl (C=O) groups is 1. The molecule has 3 aromatic carbocycles. The molecule has 0 spiro atoms. The van der Waals surface area contributed by atoms with Crippen LogP contribution in [0.3, 0.4) is 0 Å². The third-order valence-electron chi connectivity index (χ3n) is 13.0. The Morgan fingerprint density at radius 2 is 1.82 bits per heavy atom. The number of allylic oxidation sites excluding steroid dienone is 1. The van der Waals surface area contributed by atoms with Gasteiger partial charge in [0.05, 0.1) is 35.8 Å². The first-order chi connectivity index (χ1) is 31.5. The SMILES string of the molecule is C=CCO[C@@]12Oc3ccc(OCc4ccccc4F)cc3[C@H]3[C@H](CCCCO)[C@@H](CCCCO)C=C(C(=NOC4CCCCO4)C[C@@H]1N(CCC)S(=O)(=O)c1ccc(NC(C)=O)cc1)[C@H]32. The topological polar surface area (TPSA) is 165 Å². The standard InChI is InChI=1S/C50H64FN3O10S/c1-4-25-54(65(58,59)39-22-19-37(20-23-39)52-34(3)57)46-32-44(53-64-47-18-10-13-29-60-47)41-30-35(14-8-11-26-55)40(16-9-12-27-56)48-42-31-38(61-33-36-15-6-7-17-43(36)51)21-24-45(42)63-50(46,49(41)48)62-28-5-2/h5-7,15,17,19-24,30-31,35,40,46-49,55-56H,2,4,8-14,16,18,25-29,32-33H2,1,3H3,(H,52,57)/t35-,40+,46-,47?,48+,49+,50+/m0/s1. The second kappa shape index (κ2) is 22.2. The summed E-state index contributed by atoms with van der Waals surface area (Å²) in [6, 6.07) is 17.2. The number of ether oxygens (including phenoxy) is 4. The number of unbranched alkanes of at least 4 members (excludes halogenated alkanes) is 2. The molecule has 2 aliphatic heterocycles. The predicted molar refractivity (Wildman–Crippen MR) is 245 cm³/mol. The minimum absolute atomic E-state index is 0.00322. The van der Waals surface area contributed by atoms with E-state index >= 15 is 8.42 Å². The average molecular weight is 918 g/mol. The minimum Gasteiger partial charge on any atom is -0.489 e. The number of oxime groups is 1. The summed E-state index contributed by atoms with van der Waals surface area (Å²) in [4.78, 5) is 18.1. The molecule has 0 radical (unpaired) electrons. The van der Waals surface area contributed by atoms with Crippen LogP contribution < -0.4 is 14.8 Å². The summed E-state index contributed by atoms with van der Waals surface area (Å²) in [5, 5.41) is 27.5. The highest BCUT2D eigenvalue weighted by Crippen LogP contribution is 2.62. The van der Waals surface area contributed by atoms with Crippen molar-refractivity contribution in [1.29, 1.82) is 0 Å². The fourth-order valence-electron chi connectivity index (χ4n) is 10.1. The van der Waals surface area contributed by atoms with E-state index in [1.807, 2.05) is 19.1 Å². The molecule has 7 rings (SSSR count). The van der Waals surface area contributed by atoms with E-state index in [2.05, 4.69) is 18.0 Å². The van der Waals surface area contributed by atoms with Crippen molar-refractivity contribution < 1.29 is 51.6 Å². The maximum absolute atomic E-state index is 15.3. The number of hydrogen-bond acceptors (Lipinski definition) is 11. The summed E-state index contributed by atoms with van der Waals surface area (Å²) < 4.78 is 73.4. The minimum atomic E-state index is -4.29. The van der Waals surface area contributed by atoms with Gasteiger partial charge in [0.2, 0.25) is 28.0 Å². The van der Waals surface area contributed by atoms with Gasteiger partial charge in [-0.3, -0.25) is 4.79 Å². The number of amides is 1. The lowest BCUT2D eigenvalue weighted by molar-refractivity contribution is -0.251. The lowest BCUT2D eigenvalue weighted by atomic mass is 9.55. The molecule has 0 aromatic heterocycles. The van der Waals surface area contributed by atoms with E-state index in [1.165, 1.54) is 29.4 Å². The van der Waals surface area contributed by atoms with Gasteiger partial charge in [0, 0.05) is 62.3 Å². The van der Waals surface area contributed by atoms with Gasteiger partial charge in [-0.25, -0.2) is 12.8 Å². The zero-order valence-corrected chi connectivity index (χ0v) is 38.4. The zero-order chi connectivity index (χ0) is 46.0. The molecular weight excluding hydrogens is 854 g/mol. The fourth-order valence-corrected chi connectivity index (χ4v) is 11.8. The van der Waals surface area contributed by atoms with E-state index in [4.69, 9.17) is 28.9 Å². The van der Waals surface area contributed by atoms with Gasteiger partial charge in [-0.05, 0) is 111 Å². The molecule has 2 aliphatic carbocycles. The van der Waals surface area contributed by atoms with E-state index in [0.29, 0.717) is 67.2 Å². The van der Waals surface area contributed by atoms with Gasteiger partial charge in [0.1, 0.15) is 23.9 Å². The number of nitrogens with one attached hydrogen (secondary N) is 1. The first-order valence-electron chi connectivity index (χ1n) is 23.2. The highest BCUT2D eigenvalue weighted by molar-refractivity contribution is 7.89. The number of benzene rings is 3. The van der Waals surface area contributed by atoms with Crippen molar-refractivity contribution in [2.24, 2.45) is 22.9 Å². The summed E-state index contributed by atoms with van der Waals surface area (Å²) in [6.45, 7) is 8.09. The Morgan fingerprint density at radius 3 is 2.51 bits per heavy atom. The summed E-state index contributed by atoms with van der Waals surface area (Å²) in [5.41, 5.74) is 3.10. The Balaban J connectivity index is 1.44. The van der Waals surface area contributed by atoms with E-state index < -0.39 is 34.1 Å². The first kappa shape index (κ1) is 48.3. The van der Waals surface area contributed by atoms with Gasteiger partial charge in [0.25, 0.3) is 0 Å². The number of hydrogen-bond donors (Lipinski definition) is 3. The molecule has 1 saturated carbocycles. The zero-order valence-electron chi connectivity index (χ0n) is 37.5. The van der Waals surface area contributed by atoms with Gasteiger partial charge in [-0.15, -0.1) is 6.58 Å². The normalized spacial score (nSPS) is 25.5. The number of anilines is 1. The van der Waals surface area contributed by atoms with Crippen LogP contribution in [0.2, 0.25) is 0 Å². The Morgan fingerprint density at radius 1 is 1.05 bits per heavy atom. The molecule has 0 bridgehead atoms. The largest absolute Gasteiger partial charge is 0.489 e. The van der Waals surface area contributed by atoms with Crippen molar-refractivity contribution in [2.75, 3.05) is 38.3 Å². The monoisotopic (exact) mass is 917 g/mol. The molecule has 13 nitrogen and oxygen atoms in total. The average Bonchev–Trinajstić information content (AvgIpc) is 3.30. The first-order valence-corrected chi connectivity index (χ1v) is 24.6. The van der Waals surface area contributed by atoms with Crippen LogP contribution in [0.15, 0.2) is 101 Å². The summed E-state index contributed by atoms with van der Waals surface area (Å²) >= 11 is 0. The van der Waals surface area contributed by atoms with E-state index in [1.54, 1.807) is 42.5 Å². The second-order valence-electron chi connectivity index (χ2n) is 17.4. The van der Waals surface area contributed by atoms with Gasteiger partial charge in [-0.2, -0.15) is 4.31 Å². The molecular formula is C50H64FN3O10S. The maximum atomic E-state index is 15.3. The van der Waals surface area contributed by atoms with E-state index in [9.17, 15) is 19.4 Å². The molecule has 65 heavy (non-hydrogen) atoms. The van der Waals surface area contributed by atoms with Crippen molar-refractivity contribution in [2.45, 2.75) is 120 Å². The molecule has 4 aliphatic rings. The molecule has 1 amide bonds. The molecule has 1 saturated heterocycles. The van der Waals surface area contributed by atoms with Crippen molar-refractivity contribution >= 4 is 27.3 Å². The third kappa shape index (κ3) is 10.8. The quantitative estimate of drug-likeness (QED) is 0.0505. The number of aliphatic hydroxyl groups is 2.